The zero-order valence-corrected chi connectivity index (χ0v) is 15.6. The zero-order valence-electron chi connectivity index (χ0n) is 14.8. The highest BCUT2D eigenvalue weighted by Gasteiger charge is 2.13. The number of esters is 1. The molecule has 4 aromatic rings. The number of carbonyl (C=O) groups excluding carboxylic acids is 1. The summed E-state index contributed by atoms with van der Waals surface area (Å²) in [5, 5.41) is 5.41. The lowest BCUT2D eigenvalue weighted by Crippen LogP contribution is -2.07. The Bertz CT molecular complexity index is 1130. The summed E-state index contributed by atoms with van der Waals surface area (Å²) in [6.07, 6.45) is 0.724. The molecule has 0 saturated heterocycles. The highest BCUT2D eigenvalue weighted by atomic mass is 35.5. The fourth-order valence-corrected chi connectivity index (χ4v) is 2.97. The van der Waals surface area contributed by atoms with Gasteiger partial charge >= 0.3 is 5.97 Å². The van der Waals surface area contributed by atoms with Crippen molar-refractivity contribution >= 4 is 28.5 Å². The van der Waals surface area contributed by atoms with Crippen molar-refractivity contribution < 1.29 is 14.1 Å². The average molecular weight is 394 g/mol. The van der Waals surface area contributed by atoms with E-state index >= 15 is 0 Å². The molecule has 0 spiro atoms. The fourth-order valence-electron chi connectivity index (χ4n) is 2.75. The third-order valence-electron chi connectivity index (χ3n) is 4.18. The van der Waals surface area contributed by atoms with E-state index in [9.17, 15) is 4.79 Å². The highest BCUT2D eigenvalue weighted by molar-refractivity contribution is 6.33. The number of halogens is 1. The van der Waals surface area contributed by atoms with E-state index in [-0.39, 0.29) is 30.7 Å². The van der Waals surface area contributed by atoms with Crippen molar-refractivity contribution in [3.8, 4) is 11.5 Å². The van der Waals surface area contributed by atoms with Crippen LogP contribution < -0.4 is 0 Å². The van der Waals surface area contributed by atoms with Gasteiger partial charge in [-0.3, -0.25) is 9.78 Å². The minimum atomic E-state index is -0.348. The molecule has 28 heavy (non-hydrogen) atoms. The zero-order chi connectivity index (χ0) is 19.3. The van der Waals surface area contributed by atoms with Crippen molar-refractivity contribution in [2.24, 2.45) is 0 Å². The molecular formula is C21H16ClN3O3. The lowest BCUT2D eigenvalue weighted by Gasteiger charge is -2.03. The van der Waals surface area contributed by atoms with Crippen molar-refractivity contribution in [1.82, 2.24) is 15.1 Å². The summed E-state index contributed by atoms with van der Waals surface area (Å²) in [6.45, 7) is -0.0576. The molecule has 0 unspecified atom stereocenters. The summed E-state index contributed by atoms with van der Waals surface area (Å²) in [5.74, 6) is 0.225. The lowest BCUT2D eigenvalue weighted by atomic mass is 10.1. The van der Waals surface area contributed by atoms with Gasteiger partial charge in [-0.15, -0.1) is 0 Å². The molecule has 4 rings (SSSR count). The van der Waals surface area contributed by atoms with E-state index in [1.54, 1.807) is 12.1 Å². The maximum Gasteiger partial charge on any atom is 0.306 e. The van der Waals surface area contributed by atoms with Gasteiger partial charge in [-0.2, -0.15) is 4.98 Å². The van der Waals surface area contributed by atoms with Gasteiger partial charge in [0.05, 0.1) is 22.5 Å². The first-order chi connectivity index (χ1) is 13.7. The molecule has 0 bridgehead atoms. The molecule has 0 aliphatic heterocycles. The summed E-state index contributed by atoms with van der Waals surface area (Å²) >= 11 is 6.11. The van der Waals surface area contributed by atoms with Crippen LogP contribution in [0.4, 0.5) is 0 Å². The van der Waals surface area contributed by atoms with Crippen LogP contribution >= 0.6 is 11.6 Å². The minimum Gasteiger partial charge on any atom is -0.457 e. The average Bonchev–Trinajstić information content (AvgIpc) is 3.19. The molecule has 0 amide bonds. The Kier molecular flexibility index (Phi) is 5.30. The Hall–Kier alpha value is -3.25. The van der Waals surface area contributed by atoms with Gasteiger partial charge in [0.1, 0.15) is 0 Å². The van der Waals surface area contributed by atoms with E-state index in [1.807, 2.05) is 48.5 Å². The SMILES string of the molecule is O=C(CCc1ccc2ccccc2n1)OCc1noc(-c2ccccc2Cl)n1. The van der Waals surface area contributed by atoms with Crippen molar-refractivity contribution in [2.45, 2.75) is 19.4 Å². The van der Waals surface area contributed by atoms with Crippen LogP contribution in [-0.4, -0.2) is 21.1 Å². The van der Waals surface area contributed by atoms with Crippen LogP contribution in [-0.2, 0) is 22.6 Å². The Labute approximate surface area is 166 Å². The normalized spacial score (nSPS) is 10.9. The summed E-state index contributed by atoms with van der Waals surface area (Å²) in [6, 6.07) is 18.9. The van der Waals surface area contributed by atoms with Gasteiger partial charge in [-0.25, -0.2) is 0 Å². The van der Waals surface area contributed by atoms with Gasteiger partial charge in [-0.1, -0.05) is 53.2 Å². The monoisotopic (exact) mass is 393 g/mol. The molecule has 0 aliphatic rings. The Balaban J connectivity index is 1.31. The smallest absolute Gasteiger partial charge is 0.306 e. The predicted molar refractivity (Wildman–Crippen MR) is 105 cm³/mol. The van der Waals surface area contributed by atoms with E-state index in [0.29, 0.717) is 17.0 Å². The van der Waals surface area contributed by atoms with E-state index in [4.69, 9.17) is 20.9 Å². The third kappa shape index (κ3) is 4.18. The minimum absolute atomic E-state index is 0.0576. The molecule has 0 fully saturated rings. The van der Waals surface area contributed by atoms with Crippen LogP contribution in [0.5, 0.6) is 0 Å². The lowest BCUT2D eigenvalue weighted by molar-refractivity contribution is -0.145. The number of rotatable bonds is 6. The molecule has 6 nitrogen and oxygen atoms in total. The Morgan fingerprint density at radius 1 is 1.00 bits per heavy atom. The maximum atomic E-state index is 12.0. The molecule has 2 aromatic carbocycles. The molecule has 0 radical (unpaired) electrons. The molecule has 140 valence electrons. The van der Waals surface area contributed by atoms with Gasteiger partial charge < -0.3 is 9.26 Å². The second kappa shape index (κ2) is 8.19. The number of fused-ring (bicyclic) bond motifs is 1. The molecule has 0 aliphatic carbocycles. The first-order valence-electron chi connectivity index (χ1n) is 8.77. The molecular weight excluding hydrogens is 378 g/mol. The van der Waals surface area contributed by atoms with Crippen LogP contribution in [0.1, 0.15) is 17.9 Å². The van der Waals surface area contributed by atoms with E-state index in [0.717, 1.165) is 16.6 Å². The Morgan fingerprint density at radius 2 is 1.82 bits per heavy atom. The van der Waals surface area contributed by atoms with Crippen LogP contribution in [0, 0.1) is 0 Å². The van der Waals surface area contributed by atoms with Crippen molar-refractivity contribution in [1.29, 1.82) is 0 Å². The standard InChI is InChI=1S/C21H16ClN3O3/c22-17-7-3-2-6-16(17)21-24-19(25-28-21)13-27-20(26)12-11-15-10-9-14-5-1-4-8-18(14)23-15/h1-10H,11-13H2. The second-order valence-corrected chi connectivity index (χ2v) is 6.56. The van der Waals surface area contributed by atoms with Gasteiger partial charge in [-0.05, 0) is 24.3 Å². The van der Waals surface area contributed by atoms with Crippen LogP contribution in [0.3, 0.4) is 0 Å². The van der Waals surface area contributed by atoms with E-state index in [2.05, 4.69) is 15.1 Å². The van der Waals surface area contributed by atoms with Crippen molar-refractivity contribution in [2.75, 3.05) is 0 Å². The van der Waals surface area contributed by atoms with E-state index in [1.165, 1.54) is 0 Å². The number of nitrogens with zero attached hydrogens (tertiary/aromatic N) is 3. The Morgan fingerprint density at radius 3 is 2.71 bits per heavy atom. The second-order valence-electron chi connectivity index (χ2n) is 6.15. The molecule has 0 atom stereocenters. The first kappa shape index (κ1) is 18.1. The fraction of sp³-hybridized carbons (Fsp3) is 0.143. The summed E-state index contributed by atoms with van der Waals surface area (Å²) < 4.78 is 10.4. The summed E-state index contributed by atoms with van der Waals surface area (Å²) in [7, 11) is 0. The number of aromatic nitrogens is 3. The maximum absolute atomic E-state index is 12.0. The molecule has 7 heteroatoms. The topological polar surface area (TPSA) is 78.1 Å². The number of benzene rings is 2. The van der Waals surface area contributed by atoms with Gasteiger partial charge in [0, 0.05) is 17.5 Å². The number of carbonyl (C=O) groups is 1. The van der Waals surface area contributed by atoms with Gasteiger partial charge in [0.25, 0.3) is 5.89 Å². The van der Waals surface area contributed by atoms with Crippen LogP contribution in [0.15, 0.2) is 65.2 Å². The van der Waals surface area contributed by atoms with E-state index < -0.39 is 0 Å². The number of hydrogen-bond donors (Lipinski definition) is 0. The number of para-hydroxylation sites is 1. The molecule has 0 N–H and O–H groups in total. The van der Waals surface area contributed by atoms with Crippen LogP contribution in [0.2, 0.25) is 5.02 Å². The summed E-state index contributed by atoms with van der Waals surface area (Å²) in [4.78, 5) is 20.8. The van der Waals surface area contributed by atoms with Crippen molar-refractivity contribution in [3.63, 3.8) is 0 Å². The highest BCUT2D eigenvalue weighted by Crippen LogP contribution is 2.25. The number of ether oxygens (including phenoxy) is 1. The number of hydrogen-bond acceptors (Lipinski definition) is 6. The van der Waals surface area contributed by atoms with Crippen LogP contribution in [0.25, 0.3) is 22.4 Å². The predicted octanol–water partition coefficient (Wildman–Crippen LogP) is 4.61. The number of aryl methyl sites for hydroxylation is 1. The summed E-state index contributed by atoms with van der Waals surface area (Å²) in [5.41, 5.74) is 2.39. The van der Waals surface area contributed by atoms with Crippen molar-refractivity contribution in [3.05, 3.63) is 77.2 Å². The molecule has 2 heterocycles. The quantitative estimate of drug-likeness (QED) is 0.445. The molecule has 2 aromatic heterocycles. The molecule has 0 saturated carbocycles. The largest absolute Gasteiger partial charge is 0.457 e. The third-order valence-corrected chi connectivity index (χ3v) is 4.51. The first-order valence-corrected chi connectivity index (χ1v) is 9.14. The van der Waals surface area contributed by atoms with Gasteiger partial charge in [0.15, 0.2) is 6.61 Å². The number of pyridine rings is 1. The van der Waals surface area contributed by atoms with Gasteiger partial charge in [0.2, 0.25) is 5.82 Å².